The highest BCUT2D eigenvalue weighted by Crippen LogP contribution is 2.39. The van der Waals surface area contributed by atoms with Crippen molar-refractivity contribution in [3.8, 4) is 0 Å². The van der Waals surface area contributed by atoms with Gasteiger partial charge in [0, 0.05) is 0 Å². The second kappa shape index (κ2) is 17.2. The highest BCUT2D eigenvalue weighted by Gasteiger charge is 2.55. The zero-order chi connectivity index (χ0) is 36.7. The van der Waals surface area contributed by atoms with Crippen LogP contribution >= 0.6 is 0 Å². The van der Waals surface area contributed by atoms with Gasteiger partial charge in [0.2, 0.25) is 0 Å². The van der Waals surface area contributed by atoms with E-state index in [1.165, 1.54) is 0 Å². The van der Waals surface area contributed by atoms with Gasteiger partial charge in [0.05, 0.1) is 26.4 Å². The van der Waals surface area contributed by atoms with Gasteiger partial charge in [-0.3, -0.25) is 0 Å². The highest BCUT2D eigenvalue weighted by atomic mass is 28.4. The number of rotatable bonds is 15. The van der Waals surface area contributed by atoms with E-state index in [0.29, 0.717) is 0 Å². The smallest absolute Gasteiger partial charge is 0.261 e. The molecule has 0 spiro atoms. The Kier molecular flexibility index (Phi) is 12.7. The molecule has 0 aromatic heterocycles. The van der Waals surface area contributed by atoms with Crippen molar-refractivity contribution in [1.29, 1.82) is 0 Å². The zero-order valence-corrected chi connectivity index (χ0v) is 30.8. The molecular formula is C41H50O10Si. The molecule has 4 N–H and O–H groups in total. The van der Waals surface area contributed by atoms with Crippen LogP contribution < -0.4 is 10.4 Å². The fraction of sp³-hybridized carbons (Fsp3) is 0.415. The van der Waals surface area contributed by atoms with E-state index in [0.717, 1.165) is 21.5 Å². The third kappa shape index (κ3) is 8.41. The maximum atomic E-state index is 11.4. The fourth-order valence-electron chi connectivity index (χ4n) is 7.19. The van der Waals surface area contributed by atoms with Gasteiger partial charge in [0.1, 0.15) is 42.7 Å². The van der Waals surface area contributed by atoms with Gasteiger partial charge >= 0.3 is 0 Å². The first-order valence-corrected chi connectivity index (χ1v) is 19.7. The first-order valence-electron chi connectivity index (χ1n) is 17.8. The normalized spacial score (nSPS) is 27.1. The molecule has 2 aliphatic heterocycles. The Hall–Kier alpha value is -3.30. The molecule has 0 unspecified atom stereocenters. The van der Waals surface area contributed by atoms with Crippen molar-refractivity contribution >= 4 is 18.7 Å². The van der Waals surface area contributed by atoms with E-state index in [1.54, 1.807) is 0 Å². The van der Waals surface area contributed by atoms with Crippen LogP contribution in [0.5, 0.6) is 0 Å². The SMILES string of the molecule is CC(C)(C)[Si](OC[C@@H](O[C@H]1O[C@H](CO)[C@@H](O)[C@@H]1O)[C@@H]1O[C@@H](O)[C@H](OCc2ccccc2)[C@H]1OCc1ccccc1)(c1ccccc1)c1ccccc1. The molecule has 4 aromatic carbocycles. The molecule has 52 heavy (non-hydrogen) atoms. The topological polar surface area (TPSA) is 136 Å². The number of hydrogen-bond acceptors (Lipinski definition) is 10. The lowest BCUT2D eigenvalue weighted by atomic mass is 10.0. The van der Waals surface area contributed by atoms with Crippen LogP contribution in [0.15, 0.2) is 121 Å². The quantitative estimate of drug-likeness (QED) is 0.135. The van der Waals surface area contributed by atoms with Gasteiger partial charge in [-0.05, 0) is 26.5 Å². The minimum atomic E-state index is -3.12. The first-order chi connectivity index (χ1) is 25.1. The molecule has 0 saturated carbocycles. The summed E-state index contributed by atoms with van der Waals surface area (Å²) in [6, 6.07) is 39.6. The third-order valence-electron chi connectivity index (χ3n) is 9.85. The Balaban J connectivity index is 1.37. The Bertz CT molecular complexity index is 1600. The van der Waals surface area contributed by atoms with E-state index >= 15 is 0 Å². The summed E-state index contributed by atoms with van der Waals surface area (Å²) in [5.41, 5.74) is 1.82. The van der Waals surface area contributed by atoms with Gasteiger partial charge in [-0.25, -0.2) is 0 Å². The van der Waals surface area contributed by atoms with E-state index in [2.05, 4.69) is 45.0 Å². The molecule has 9 atom stereocenters. The molecule has 6 rings (SSSR count). The molecule has 2 aliphatic rings. The largest absolute Gasteiger partial charge is 0.405 e. The van der Waals surface area contributed by atoms with E-state index in [4.69, 9.17) is 28.1 Å². The third-order valence-corrected chi connectivity index (χ3v) is 14.9. The van der Waals surface area contributed by atoms with E-state index in [-0.39, 0.29) is 24.9 Å². The number of aliphatic hydroxyl groups excluding tert-OH is 4. The molecule has 0 aliphatic carbocycles. The summed E-state index contributed by atoms with van der Waals surface area (Å²) in [7, 11) is -3.12. The van der Waals surface area contributed by atoms with Crippen molar-refractivity contribution in [1.82, 2.24) is 0 Å². The van der Waals surface area contributed by atoms with Crippen LogP contribution in [-0.4, -0.2) is 97.3 Å². The predicted octanol–water partition coefficient (Wildman–Crippen LogP) is 3.28. The van der Waals surface area contributed by atoms with E-state index in [9.17, 15) is 20.4 Å². The van der Waals surface area contributed by atoms with Crippen LogP contribution in [0.1, 0.15) is 31.9 Å². The van der Waals surface area contributed by atoms with Crippen molar-refractivity contribution in [3.63, 3.8) is 0 Å². The zero-order valence-electron chi connectivity index (χ0n) is 29.8. The van der Waals surface area contributed by atoms with Crippen molar-refractivity contribution in [3.05, 3.63) is 132 Å². The second-order valence-corrected chi connectivity index (χ2v) is 18.7. The molecule has 278 valence electrons. The highest BCUT2D eigenvalue weighted by molar-refractivity contribution is 6.99. The lowest BCUT2D eigenvalue weighted by molar-refractivity contribution is -0.236. The number of benzene rings is 4. The van der Waals surface area contributed by atoms with Gasteiger partial charge in [0.25, 0.3) is 8.32 Å². The van der Waals surface area contributed by atoms with Crippen molar-refractivity contribution in [2.75, 3.05) is 13.2 Å². The van der Waals surface area contributed by atoms with Gasteiger partial charge in [-0.2, -0.15) is 0 Å². The van der Waals surface area contributed by atoms with Gasteiger partial charge < -0.3 is 48.5 Å². The maximum Gasteiger partial charge on any atom is 0.261 e. The number of aliphatic hydroxyl groups is 4. The minimum Gasteiger partial charge on any atom is -0.405 e. The minimum absolute atomic E-state index is 0.0618. The first kappa shape index (κ1) is 38.4. The van der Waals surface area contributed by atoms with Crippen LogP contribution in [0.25, 0.3) is 0 Å². The van der Waals surface area contributed by atoms with Crippen LogP contribution in [0.2, 0.25) is 5.04 Å². The number of hydrogen-bond donors (Lipinski definition) is 4. The summed E-state index contributed by atoms with van der Waals surface area (Å²) in [5.74, 6) is 0. The van der Waals surface area contributed by atoms with E-state index < -0.39 is 70.2 Å². The fourth-order valence-corrected chi connectivity index (χ4v) is 11.8. The number of ether oxygens (including phenoxy) is 5. The summed E-state index contributed by atoms with van der Waals surface area (Å²) in [4.78, 5) is 0. The summed E-state index contributed by atoms with van der Waals surface area (Å²) in [6.45, 7) is 6.30. The van der Waals surface area contributed by atoms with Crippen molar-refractivity contribution in [2.45, 2.75) is 94.3 Å². The molecule has 11 heteroatoms. The monoisotopic (exact) mass is 730 g/mol. The summed E-state index contributed by atoms with van der Waals surface area (Å²) < 4.78 is 38.8. The second-order valence-electron chi connectivity index (χ2n) is 14.4. The Morgan fingerprint density at radius 1 is 0.654 bits per heavy atom. The molecular weight excluding hydrogens is 681 g/mol. The molecule has 4 aromatic rings. The molecule has 2 saturated heterocycles. The van der Waals surface area contributed by atoms with Crippen LogP contribution in [0.4, 0.5) is 0 Å². The summed E-state index contributed by atoms with van der Waals surface area (Å²) in [5, 5.41) is 44.7. The lowest BCUT2D eigenvalue weighted by Gasteiger charge is -2.44. The summed E-state index contributed by atoms with van der Waals surface area (Å²) >= 11 is 0. The van der Waals surface area contributed by atoms with Crippen LogP contribution in [0, 0.1) is 0 Å². The van der Waals surface area contributed by atoms with Crippen molar-refractivity contribution < 1.29 is 48.5 Å². The molecule has 0 amide bonds. The Labute approximate surface area is 306 Å². The van der Waals surface area contributed by atoms with Gasteiger partial charge in [-0.1, -0.05) is 142 Å². The van der Waals surface area contributed by atoms with E-state index in [1.807, 2.05) is 97.1 Å². The van der Waals surface area contributed by atoms with Gasteiger partial charge in [-0.15, -0.1) is 0 Å². The van der Waals surface area contributed by atoms with Crippen molar-refractivity contribution in [2.24, 2.45) is 0 Å². The summed E-state index contributed by atoms with van der Waals surface area (Å²) in [6.07, 6.45) is -10.4. The Morgan fingerprint density at radius 3 is 1.60 bits per heavy atom. The standard InChI is InChI=1S/C41H50O10Si/c1-41(2,3)52(30-20-12-6-13-21-30,31-22-14-7-15-23-31)48-27-33(50-40-35(44)34(43)32(24-42)49-40)36-37(46-25-28-16-8-4-9-17-28)38(39(45)51-36)47-26-29-18-10-5-11-19-29/h4-23,32-40,42-45H,24-27H2,1-3H3/t32-,33-,34-,35+,36+,37+,38-,39-,40-/m1/s1. The molecule has 2 fully saturated rings. The average molecular weight is 731 g/mol. The predicted molar refractivity (Wildman–Crippen MR) is 197 cm³/mol. The maximum absolute atomic E-state index is 11.4. The average Bonchev–Trinajstić information content (AvgIpc) is 3.63. The molecule has 2 heterocycles. The lowest BCUT2D eigenvalue weighted by Crippen LogP contribution is -2.67. The Morgan fingerprint density at radius 2 is 1.13 bits per heavy atom. The van der Waals surface area contributed by atoms with Crippen LogP contribution in [0.3, 0.4) is 0 Å². The van der Waals surface area contributed by atoms with Crippen LogP contribution in [-0.2, 0) is 41.3 Å². The molecule has 0 radical (unpaired) electrons. The molecule has 10 nitrogen and oxygen atoms in total. The van der Waals surface area contributed by atoms with Gasteiger partial charge in [0.15, 0.2) is 12.6 Å². The molecule has 0 bridgehead atoms.